The average molecular weight is 215 g/mol. The zero-order valence-corrected chi connectivity index (χ0v) is 10.5. The Morgan fingerprint density at radius 2 is 2.00 bits per heavy atom. The Labute approximate surface area is 93.6 Å². The van der Waals surface area contributed by atoms with Crippen LogP contribution in [0.1, 0.15) is 46.5 Å². The fourth-order valence-electron chi connectivity index (χ4n) is 1.43. The Hall–Kier alpha value is -0.570. The van der Waals surface area contributed by atoms with Gasteiger partial charge in [-0.25, -0.2) is 0 Å². The molecule has 0 aliphatic rings. The number of nitrogens with one attached hydrogen (secondary N) is 1. The van der Waals surface area contributed by atoms with Crippen molar-refractivity contribution in [3.8, 4) is 0 Å². The molecule has 0 fully saturated rings. The summed E-state index contributed by atoms with van der Waals surface area (Å²) in [6.45, 7) is 6.91. The normalized spacial score (nSPS) is 12.9. The van der Waals surface area contributed by atoms with Crippen molar-refractivity contribution in [1.29, 1.82) is 0 Å². The molecule has 0 amide bonds. The minimum absolute atomic E-state index is 0.109. The van der Waals surface area contributed by atoms with Gasteiger partial charge >= 0.3 is 5.97 Å². The lowest BCUT2D eigenvalue weighted by Crippen LogP contribution is -2.36. The quantitative estimate of drug-likeness (QED) is 0.499. The molecule has 0 radical (unpaired) electrons. The van der Waals surface area contributed by atoms with E-state index < -0.39 is 0 Å². The molecule has 0 aliphatic heterocycles. The van der Waals surface area contributed by atoms with Crippen molar-refractivity contribution in [3.05, 3.63) is 0 Å². The third kappa shape index (κ3) is 7.37. The monoisotopic (exact) mass is 215 g/mol. The Morgan fingerprint density at radius 3 is 2.47 bits per heavy atom. The summed E-state index contributed by atoms with van der Waals surface area (Å²) in [6.07, 6.45) is 4.09. The SMILES string of the molecule is CCCCCOC(=O)[C@H](CC(C)C)NC. The van der Waals surface area contributed by atoms with E-state index in [-0.39, 0.29) is 12.0 Å². The molecule has 1 N–H and O–H groups in total. The van der Waals surface area contributed by atoms with Gasteiger partial charge in [0, 0.05) is 0 Å². The molecule has 3 heteroatoms. The topological polar surface area (TPSA) is 38.3 Å². The van der Waals surface area contributed by atoms with E-state index in [2.05, 4.69) is 26.1 Å². The summed E-state index contributed by atoms with van der Waals surface area (Å²) in [6, 6.07) is -0.147. The van der Waals surface area contributed by atoms with Crippen molar-refractivity contribution in [2.75, 3.05) is 13.7 Å². The van der Waals surface area contributed by atoms with E-state index >= 15 is 0 Å². The Morgan fingerprint density at radius 1 is 1.33 bits per heavy atom. The molecule has 0 saturated carbocycles. The van der Waals surface area contributed by atoms with E-state index in [0.29, 0.717) is 12.5 Å². The number of hydrogen-bond donors (Lipinski definition) is 1. The van der Waals surface area contributed by atoms with Gasteiger partial charge in [0.15, 0.2) is 0 Å². The summed E-state index contributed by atoms with van der Waals surface area (Å²) in [4.78, 5) is 11.6. The molecule has 1 atom stereocenters. The van der Waals surface area contributed by atoms with Crippen LogP contribution in [0.5, 0.6) is 0 Å². The molecule has 0 aromatic rings. The maximum atomic E-state index is 11.6. The average Bonchev–Trinajstić information content (AvgIpc) is 2.20. The van der Waals surface area contributed by atoms with Gasteiger partial charge in [-0.3, -0.25) is 4.79 Å². The van der Waals surface area contributed by atoms with Crippen LogP contribution in [0.3, 0.4) is 0 Å². The van der Waals surface area contributed by atoms with Crippen LogP contribution in [-0.4, -0.2) is 25.7 Å². The lowest BCUT2D eigenvalue weighted by molar-refractivity contribution is -0.146. The second-order valence-electron chi connectivity index (χ2n) is 4.35. The summed E-state index contributed by atoms with van der Waals surface area (Å²) in [5, 5.41) is 3.00. The summed E-state index contributed by atoms with van der Waals surface area (Å²) in [5.74, 6) is 0.396. The molecule has 3 nitrogen and oxygen atoms in total. The van der Waals surface area contributed by atoms with E-state index in [0.717, 1.165) is 25.7 Å². The Kier molecular flexibility index (Phi) is 8.38. The first-order valence-electron chi connectivity index (χ1n) is 5.95. The van der Waals surface area contributed by atoms with Crippen LogP contribution >= 0.6 is 0 Å². The third-order valence-corrected chi connectivity index (χ3v) is 2.33. The second kappa shape index (κ2) is 8.72. The smallest absolute Gasteiger partial charge is 0.323 e. The van der Waals surface area contributed by atoms with Crippen LogP contribution in [0.25, 0.3) is 0 Å². The first-order valence-corrected chi connectivity index (χ1v) is 5.95. The van der Waals surface area contributed by atoms with Crippen molar-refractivity contribution in [1.82, 2.24) is 5.32 Å². The number of carbonyl (C=O) groups is 1. The van der Waals surface area contributed by atoms with Crippen LogP contribution in [0, 0.1) is 5.92 Å². The number of rotatable bonds is 8. The van der Waals surface area contributed by atoms with Gasteiger partial charge in [-0.15, -0.1) is 0 Å². The van der Waals surface area contributed by atoms with Gasteiger partial charge in [0.2, 0.25) is 0 Å². The highest BCUT2D eigenvalue weighted by atomic mass is 16.5. The van der Waals surface area contributed by atoms with Crippen LogP contribution in [0.4, 0.5) is 0 Å². The van der Waals surface area contributed by atoms with Gasteiger partial charge in [-0.1, -0.05) is 33.6 Å². The number of carbonyl (C=O) groups excluding carboxylic acids is 1. The molecular weight excluding hydrogens is 190 g/mol. The number of esters is 1. The molecular formula is C12H25NO2. The molecule has 0 aromatic heterocycles. The predicted octanol–water partition coefficient (Wildman–Crippen LogP) is 2.35. The van der Waals surface area contributed by atoms with Crippen molar-refractivity contribution in [2.24, 2.45) is 5.92 Å². The van der Waals surface area contributed by atoms with Crippen molar-refractivity contribution in [2.45, 2.75) is 52.5 Å². The fourth-order valence-corrected chi connectivity index (χ4v) is 1.43. The maximum absolute atomic E-state index is 11.6. The largest absolute Gasteiger partial charge is 0.465 e. The van der Waals surface area contributed by atoms with Gasteiger partial charge in [0.25, 0.3) is 0 Å². The molecule has 0 saturated heterocycles. The van der Waals surface area contributed by atoms with Gasteiger partial charge in [-0.2, -0.15) is 0 Å². The highest BCUT2D eigenvalue weighted by Crippen LogP contribution is 2.06. The first-order chi connectivity index (χ1) is 7.11. The molecule has 0 aliphatic carbocycles. The number of hydrogen-bond acceptors (Lipinski definition) is 3. The minimum Gasteiger partial charge on any atom is -0.465 e. The van der Waals surface area contributed by atoms with Crippen LogP contribution in [0.15, 0.2) is 0 Å². The zero-order chi connectivity index (χ0) is 11.7. The van der Waals surface area contributed by atoms with E-state index in [9.17, 15) is 4.79 Å². The second-order valence-corrected chi connectivity index (χ2v) is 4.35. The molecule has 0 rings (SSSR count). The molecule has 15 heavy (non-hydrogen) atoms. The molecule has 0 heterocycles. The van der Waals surface area contributed by atoms with E-state index in [4.69, 9.17) is 4.74 Å². The summed E-state index contributed by atoms with van der Waals surface area (Å²) >= 11 is 0. The van der Waals surface area contributed by atoms with Crippen molar-refractivity contribution >= 4 is 5.97 Å². The molecule has 0 spiro atoms. The zero-order valence-electron chi connectivity index (χ0n) is 10.5. The third-order valence-electron chi connectivity index (χ3n) is 2.33. The van der Waals surface area contributed by atoms with Gasteiger partial charge in [0.05, 0.1) is 6.61 Å². The lowest BCUT2D eigenvalue weighted by atomic mass is 10.0. The molecule has 0 bridgehead atoms. The van der Waals surface area contributed by atoms with Gasteiger partial charge in [-0.05, 0) is 25.8 Å². The van der Waals surface area contributed by atoms with Gasteiger partial charge < -0.3 is 10.1 Å². The summed E-state index contributed by atoms with van der Waals surface area (Å²) in [5.41, 5.74) is 0. The number of likely N-dealkylation sites (N-methyl/N-ethyl adjacent to an activating group) is 1. The Balaban J connectivity index is 3.73. The standard InChI is InChI=1S/C12H25NO2/c1-5-6-7-8-15-12(14)11(13-4)9-10(2)3/h10-11,13H,5-9H2,1-4H3/t11-/m0/s1. The Bertz CT molecular complexity index is 169. The van der Waals surface area contributed by atoms with Gasteiger partial charge in [0.1, 0.15) is 6.04 Å². The van der Waals surface area contributed by atoms with Crippen LogP contribution < -0.4 is 5.32 Å². The van der Waals surface area contributed by atoms with Crippen molar-refractivity contribution < 1.29 is 9.53 Å². The lowest BCUT2D eigenvalue weighted by Gasteiger charge is -2.16. The van der Waals surface area contributed by atoms with E-state index in [1.54, 1.807) is 7.05 Å². The predicted molar refractivity (Wildman–Crippen MR) is 62.8 cm³/mol. The van der Waals surface area contributed by atoms with Crippen LogP contribution in [0.2, 0.25) is 0 Å². The highest BCUT2D eigenvalue weighted by molar-refractivity contribution is 5.75. The fraction of sp³-hybridized carbons (Fsp3) is 0.917. The summed E-state index contributed by atoms with van der Waals surface area (Å²) < 4.78 is 5.20. The van der Waals surface area contributed by atoms with Crippen LogP contribution in [-0.2, 0) is 9.53 Å². The maximum Gasteiger partial charge on any atom is 0.323 e. The highest BCUT2D eigenvalue weighted by Gasteiger charge is 2.18. The van der Waals surface area contributed by atoms with Crippen molar-refractivity contribution in [3.63, 3.8) is 0 Å². The summed E-state index contributed by atoms with van der Waals surface area (Å²) in [7, 11) is 1.81. The molecule has 0 unspecified atom stereocenters. The van der Waals surface area contributed by atoms with E-state index in [1.165, 1.54) is 0 Å². The first kappa shape index (κ1) is 14.4. The molecule has 90 valence electrons. The minimum atomic E-state index is -0.147. The number of unbranched alkanes of at least 4 members (excludes halogenated alkanes) is 2. The molecule has 0 aromatic carbocycles. The number of ether oxygens (including phenoxy) is 1. The van der Waals surface area contributed by atoms with E-state index in [1.807, 2.05) is 0 Å².